The van der Waals surface area contributed by atoms with E-state index in [-0.39, 0.29) is 18.2 Å². The van der Waals surface area contributed by atoms with Crippen LogP contribution in [0.15, 0.2) is 39.3 Å². The fourth-order valence-corrected chi connectivity index (χ4v) is 2.69. The van der Waals surface area contributed by atoms with Gasteiger partial charge in [0.2, 0.25) is 17.7 Å². The topological polar surface area (TPSA) is 110 Å². The minimum Gasteiger partial charge on any atom is -0.441 e. The van der Waals surface area contributed by atoms with E-state index in [9.17, 15) is 9.59 Å². The molecular formula is C20H22N4O4. The van der Waals surface area contributed by atoms with Crippen molar-refractivity contribution in [3.8, 4) is 11.5 Å². The number of oxazole rings is 1. The summed E-state index contributed by atoms with van der Waals surface area (Å²) in [7, 11) is 0. The predicted octanol–water partition coefficient (Wildman–Crippen LogP) is 2.94. The number of anilines is 1. The summed E-state index contributed by atoms with van der Waals surface area (Å²) < 4.78 is 10.6. The van der Waals surface area contributed by atoms with Crippen molar-refractivity contribution in [1.29, 1.82) is 0 Å². The monoisotopic (exact) mass is 382 g/mol. The van der Waals surface area contributed by atoms with Gasteiger partial charge in [0.25, 0.3) is 0 Å². The second-order valence-corrected chi connectivity index (χ2v) is 6.61. The minimum absolute atomic E-state index is 0.0158. The molecule has 146 valence electrons. The average molecular weight is 382 g/mol. The van der Waals surface area contributed by atoms with Crippen molar-refractivity contribution in [1.82, 2.24) is 15.5 Å². The van der Waals surface area contributed by atoms with Crippen LogP contribution in [0.5, 0.6) is 0 Å². The van der Waals surface area contributed by atoms with Crippen LogP contribution in [-0.2, 0) is 16.0 Å². The third-order valence-electron chi connectivity index (χ3n) is 4.25. The van der Waals surface area contributed by atoms with Gasteiger partial charge in [-0.15, -0.1) is 0 Å². The number of nitrogens with zero attached hydrogens (tertiary/aromatic N) is 2. The molecule has 1 aromatic carbocycles. The molecule has 0 fully saturated rings. The number of aromatic nitrogens is 2. The highest BCUT2D eigenvalue weighted by atomic mass is 16.5. The molecule has 0 aliphatic carbocycles. The van der Waals surface area contributed by atoms with Gasteiger partial charge in [0.1, 0.15) is 17.6 Å². The lowest BCUT2D eigenvalue weighted by Gasteiger charge is -2.12. The molecule has 28 heavy (non-hydrogen) atoms. The minimum atomic E-state index is -0.743. The maximum Gasteiger partial charge on any atom is 0.247 e. The molecule has 2 aromatic heterocycles. The molecule has 2 heterocycles. The van der Waals surface area contributed by atoms with E-state index < -0.39 is 6.04 Å². The Bertz CT molecular complexity index is 1010. The Morgan fingerprint density at radius 2 is 1.93 bits per heavy atom. The lowest BCUT2D eigenvalue weighted by Crippen LogP contribution is -2.42. The fraction of sp³-hybridized carbons (Fsp3) is 0.300. The first-order chi connectivity index (χ1) is 13.3. The normalized spacial score (nSPS) is 11.9. The summed E-state index contributed by atoms with van der Waals surface area (Å²) >= 11 is 0. The van der Waals surface area contributed by atoms with Gasteiger partial charge in [-0.25, -0.2) is 4.98 Å². The summed E-state index contributed by atoms with van der Waals surface area (Å²) in [6, 6.07) is 8.59. The Kier molecular flexibility index (Phi) is 5.58. The average Bonchev–Trinajstić information content (AvgIpc) is 3.20. The van der Waals surface area contributed by atoms with Crippen molar-refractivity contribution in [2.24, 2.45) is 0 Å². The predicted molar refractivity (Wildman–Crippen MR) is 103 cm³/mol. The molecule has 0 spiro atoms. The van der Waals surface area contributed by atoms with Crippen molar-refractivity contribution in [2.75, 3.05) is 5.32 Å². The van der Waals surface area contributed by atoms with Crippen LogP contribution < -0.4 is 10.6 Å². The van der Waals surface area contributed by atoms with E-state index in [0.717, 1.165) is 11.1 Å². The van der Waals surface area contributed by atoms with Crippen LogP contribution >= 0.6 is 0 Å². The van der Waals surface area contributed by atoms with Gasteiger partial charge in [-0.2, -0.15) is 0 Å². The highest BCUT2D eigenvalue weighted by Gasteiger charge is 2.20. The Labute approximate surface area is 162 Å². The number of nitrogens with one attached hydrogen (secondary N) is 2. The Morgan fingerprint density at radius 1 is 1.18 bits per heavy atom. The molecule has 0 aliphatic heterocycles. The largest absolute Gasteiger partial charge is 0.441 e. The molecular weight excluding hydrogens is 360 g/mol. The van der Waals surface area contributed by atoms with E-state index in [4.69, 9.17) is 8.94 Å². The summed E-state index contributed by atoms with van der Waals surface area (Å²) in [5, 5.41) is 8.93. The van der Waals surface area contributed by atoms with E-state index in [1.165, 1.54) is 0 Å². The van der Waals surface area contributed by atoms with Gasteiger partial charge in [0.05, 0.1) is 12.1 Å². The zero-order valence-corrected chi connectivity index (χ0v) is 16.2. The summed E-state index contributed by atoms with van der Waals surface area (Å²) in [6.45, 7) is 7.05. The lowest BCUT2D eigenvalue weighted by atomic mass is 10.1. The zero-order chi connectivity index (χ0) is 20.3. The summed E-state index contributed by atoms with van der Waals surface area (Å²) in [4.78, 5) is 29.0. The zero-order valence-electron chi connectivity index (χ0n) is 16.2. The maximum atomic E-state index is 12.3. The number of hydrogen-bond acceptors (Lipinski definition) is 6. The third-order valence-corrected chi connectivity index (χ3v) is 4.25. The van der Waals surface area contributed by atoms with Crippen LogP contribution in [0.25, 0.3) is 11.5 Å². The number of hydrogen-bond donors (Lipinski definition) is 2. The van der Waals surface area contributed by atoms with Crippen molar-refractivity contribution in [3.05, 3.63) is 53.1 Å². The number of aryl methyl sites for hydroxylation is 3. The van der Waals surface area contributed by atoms with Gasteiger partial charge in [-0.05, 0) is 39.3 Å². The van der Waals surface area contributed by atoms with Crippen molar-refractivity contribution in [2.45, 2.75) is 40.2 Å². The number of benzene rings is 1. The number of carbonyl (C=O) groups excluding carboxylic acids is 2. The Morgan fingerprint density at radius 3 is 2.61 bits per heavy atom. The van der Waals surface area contributed by atoms with Crippen LogP contribution in [0.2, 0.25) is 0 Å². The van der Waals surface area contributed by atoms with Crippen LogP contribution in [0.3, 0.4) is 0 Å². The summed E-state index contributed by atoms with van der Waals surface area (Å²) in [5.41, 5.74) is 2.46. The van der Waals surface area contributed by atoms with Gasteiger partial charge < -0.3 is 19.6 Å². The molecule has 0 aliphatic rings. The molecule has 0 saturated heterocycles. The molecule has 0 bridgehead atoms. The second kappa shape index (κ2) is 8.08. The maximum absolute atomic E-state index is 12.3. The SMILES string of the molecule is Cc1cc(NC(=O)C(C)NC(=O)Cc2nc(-c3ccccc3C)oc2C)no1. The fourth-order valence-electron chi connectivity index (χ4n) is 2.69. The van der Waals surface area contributed by atoms with Crippen molar-refractivity contribution >= 4 is 17.6 Å². The first-order valence-corrected chi connectivity index (χ1v) is 8.89. The number of amides is 2. The smallest absolute Gasteiger partial charge is 0.247 e. The van der Waals surface area contributed by atoms with Gasteiger partial charge in [-0.3, -0.25) is 9.59 Å². The standard InChI is InChI=1S/C20H22N4O4/c1-11-7-5-6-8-15(11)20-22-16(14(4)27-20)10-18(25)21-13(3)19(26)23-17-9-12(2)28-24-17/h5-9,13H,10H2,1-4H3,(H,21,25)(H,23,24,26). The molecule has 8 heteroatoms. The molecule has 0 saturated carbocycles. The highest BCUT2D eigenvalue weighted by Crippen LogP contribution is 2.24. The number of rotatable bonds is 6. The van der Waals surface area contributed by atoms with E-state index in [1.54, 1.807) is 26.8 Å². The quantitative estimate of drug-likeness (QED) is 0.678. The van der Waals surface area contributed by atoms with Crippen molar-refractivity contribution in [3.63, 3.8) is 0 Å². The molecule has 1 unspecified atom stereocenters. The van der Waals surface area contributed by atoms with Gasteiger partial charge in [-0.1, -0.05) is 23.4 Å². The first kappa shape index (κ1) is 19.3. The Hall–Kier alpha value is -3.42. The molecule has 3 rings (SSSR count). The van der Waals surface area contributed by atoms with Crippen LogP contribution in [0.1, 0.15) is 29.7 Å². The van der Waals surface area contributed by atoms with Crippen LogP contribution in [-0.4, -0.2) is 28.0 Å². The molecule has 1 atom stereocenters. The van der Waals surface area contributed by atoms with E-state index in [0.29, 0.717) is 28.9 Å². The highest BCUT2D eigenvalue weighted by molar-refractivity contribution is 5.96. The molecule has 2 N–H and O–H groups in total. The van der Waals surface area contributed by atoms with Crippen LogP contribution in [0.4, 0.5) is 5.82 Å². The Balaban J connectivity index is 1.61. The van der Waals surface area contributed by atoms with Gasteiger partial charge in [0, 0.05) is 11.6 Å². The molecule has 0 radical (unpaired) electrons. The molecule has 2 amide bonds. The first-order valence-electron chi connectivity index (χ1n) is 8.89. The van der Waals surface area contributed by atoms with E-state index >= 15 is 0 Å². The third kappa shape index (κ3) is 4.46. The lowest BCUT2D eigenvalue weighted by molar-refractivity contribution is -0.125. The van der Waals surface area contributed by atoms with E-state index in [2.05, 4.69) is 20.8 Å². The van der Waals surface area contributed by atoms with Crippen molar-refractivity contribution < 1.29 is 18.5 Å². The second-order valence-electron chi connectivity index (χ2n) is 6.61. The number of carbonyl (C=O) groups is 2. The summed E-state index contributed by atoms with van der Waals surface area (Å²) in [6.07, 6.45) is 0.0158. The molecule has 8 nitrogen and oxygen atoms in total. The molecule has 3 aromatic rings. The summed E-state index contributed by atoms with van der Waals surface area (Å²) in [5.74, 6) is 1.22. The van der Waals surface area contributed by atoms with Gasteiger partial charge >= 0.3 is 0 Å². The van der Waals surface area contributed by atoms with Crippen LogP contribution in [0, 0.1) is 20.8 Å². The van der Waals surface area contributed by atoms with E-state index in [1.807, 2.05) is 31.2 Å². The van der Waals surface area contributed by atoms with Gasteiger partial charge in [0.15, 0.2) is 5.82 Å².